The number of carbonyl (C=O) groups is 1. The number of carbonyl (C=O) groups excluding carboxylic acids is 1. The van der Waals surface area contributed by atoms with Crippen molar-refractivity contribution in [3.05, 3.63) is 71.9 Å². The summed E-state index contributed by atoms with van der Waals surface area (Å²) in [5, 5.41) is 4.14. The van der Waals surface area contributed by atoms with E-state index in [1.54, 1.807) is 6.20 Å². The predicted octanol–water partition coefficient (Wildman–Crippen LogP) is 5.14. The lowest BCUT2D eigenvalue weighted by Crippen LogP contribution is -2.35. The Morgan fingerprint density at radius 3 is 2.60 bits per heavy atom. The quantitative estimate of drug-likeness (QED) is 0.703. The number of aryl methyl sites for hydroxylation is 1. The number of rotatable bonds is 5. The van der Waals surface area contributed by atoms with Crippen molar-refractivity contribution >= 4 is 22.5 Å². The highest BCUT2D eigenvalue weighted by molar-refractivity contribution is 6.02. The normalized spacial score (nSPS) is 13.4. The molecule has 25 heavy (non-hydrogen) atoms. The van der Waals surface area contributed by atoms with Gasteiger partial charge in [-0.05, 0) is 43.0 Å². The summed E-state index contributed by atoms with van der Waals surface area (Å²) in [6.07, 6.45) is 3.25. The molecule has 0 aliphatic rings. The molecule has 1 heterocycles. The zero-order chi connectivity index (χ0) is 17.9. The van der Waals surface area contributed by atoms with Crippen molar-refractivity contribution in [3.63, 3.8) is 0 Å². The van der Waals surface area contributed by atoms with Crippen molar-refractivity contribution in [3.8, 4) is 0 Å². The molecule has 0 fully saturated rings. The lowest BCUT2D eigenvalue weighted by atomic mass is 9.79. The first-order valence-corrected chi connectivity index (χ1v) is 8.73. The van der Waals surface area contributed by atoms with Gasteiger partial charge in [0, 0.05) is 11.6 Å². The number of fused-ring (bicyclic) bond motifs is 1. The Kier molecular flexibility index (Phi) is 4.84. The Morgan fingerprint density at radius 2 is 1.84 bits per heavy atom. The molecule has 1 N–H and O–H groups in total. The molecule has 0 saturated heterocycles. The van der Waals surface area contributed by atoms with Gasteiger partial charge in [-0.15, -0.1) is 0 Å². The molecule has 1 aromatic heterocycles. The molecule has 128 valence electrons. The monoisotopic (exact) mass is 332 g/mol. The predicted molar refractivity (Wildman–Crippen MR) is 104 cm³/mol. The fraction of sp³-hybridized carbons (Fsp3) is 0.273. The average molecular weight is 332 g/mol. The van der Waals surface area contributed by atoms with Crippen molar-refractivity contribution in [2.45, 2.75) is 33.6 Å². The minimum atomic E-state index is -0.469. The van der Waals surface area contributed by atoms with Gasteiger partial charge in [-0.3, -0.25) is 9.78 Å². The number of para-hydroxylation sites is 1. The van der Waals surface area contributed by atoms with Gasteiger partial charge in [-0.25, -0.2) is 0 Å². The van der Waals surface area contributed by atoms with Gasteiger partial charge in [-0.2, -0.15) is 0 Å². The molecule has 0 bridgehead atoms. The molecule has 0 spiro atoms. The summed E-state index contributed by atoms with van der Waals surface area (Å²) < 4.78 is 0. The number of nitrogens with zero attached hydrogens (tertiary/aromatic N) is 1. The van der Waals surface area contributed by atoms with Crippen LogP contribution in [0.4, 0.5) is 5.69 Å². The first-order valence-electron chi connectivity index (χ1n) is 8.73. The minimum absolute atomic E-state index is 0.0383. The van der Waals surface area contributed by atoms with Crippen molar-refractivity contribution in [2.24, 2.45) is 5.41 Å². The fourth-order valence-electron chi connectivity index (χ4n) is 3.07. The van der Waals surface area contributed by atoms with E-state index in [1.165, 1.54) is 11.1 Å². The van der Waals surface area contributed by atoms with E-state index in [0.29, 0.717) is 0 Å². The van der Waals surface area contributed by atoms with Gasteiger partial charge in [0.15, 0.2) is 0 Å². The minimum Gasteiger partial charge on any atom is -0.324 e. The molecule has 3 rings (SSSR count). The van der Waals surface area contributed by atoms with Crippen LogP contribution < -0.4 is 5.32 Å². The third-order valence-corrected chi connectivity index (χ3v) is 5.05. The molecule has 1 unspecified atom stereocenters. The lowest BCUT2D eigenvalue weighted by Gasteiger charge is -2.28. The van der Waals surface area contributed by atoms with Crippen LogP contribution in [0.5, 0.6) is 0 Å². The van der Waals surface area contributed by atoms with Crippen LogP contribution in [0.3, 0.4) is 0 Å². The molecular formula is C22H24N2O. The van der Waals surface area contributed by atoms with E-state index in [2.05, 4.69) is 36.3 Å². The van der Waals surface area contributed by atoms with Crippen LogP contribution in [-0.2, 0) is 11.2 Å². The zero-order valence-electron chi connectivity index (χ0n) is 15.0. The molecule has 1 atom stereocenters. The lowest BCUT2D eigenvalue weighted by molar-refractivity contribution is -0.124. The largest absolute Gasteiger partial charge is 0.324 e. The Bertz CT molecular complexity index is 898. The summed E-state index contributed by atoms with van der Waals surface area (Å²) in [5.74, 6) is 0.0383. The molecule has 0 aliphatic heterocycles. The third kappa shape index (κ3) is 3.55. The molecule has 0 aliphatic carbocycles. The summed E-state index contributed by atoms with van der Waals surface area (Å²) in [7, 11) is 0. The van der Waals surface area contributed by atoms with Gasteiger partial charge < -0.3 is 5.32 Å². The van der Waals surface area contributed by atoms with E-state index in [4.69, 9.17) is 0 Å². The molecule has 1 amide bonds. The Balaban J connectivity index is 1.88. The fourth-order valence-corrected chi connectivity index (χ4v) is 3.07. The van der Waals surface area contributed by atoms with Gasteiger partial charge in [0.2, 0.25) is 5.91 Å². The number of hydrogen-bond acceptors (Lipinski definition) is 2. The number of aromatic nitrogens is 1. The number of nitrogens with one attached hydrogen (secondary N) is 1. The second-order valence-corrected chi connectivity index (χ2v) is 6.85. The van der Waals surface area contributed by atoms with E-state index < -0.39 is 5.41 Å². The van der Waals surface area contributed by atoms with Crippen molar-refractivity contribution in [2.75, 3.05) is 5.32 Å². The summed E-state index contributed by atoms with van der Waals surface area (Å²) in [6, 6.07) is 18.0. The maximum atomic E-state index is 13.1. The molecule has 3 heteroatoms. The maximum Gasteiger partial charge on any atom is 0.230 e. The highest BCUT2D eigenvalue weighted by Crippen LogP contribution is 2.31. The Hall–Kier alpha value is -2.68. The molecular weight excluding hydrogens is 308 g/mol. The van der Waals surface area contributed by atoms with Gasteiger partial charge in [0.1, 0.15) is 0 Å². The SMILES string of the molecule is CCC(C)(Cc1ccccc1C)C(=O)Nc1cccc2cccnc12. The molecule has 0 radical (unpaired) electrons. The summed E-state index contributed by atoms with van der Waals surface area (Å²) in [5.41, 5.74) is 3.57. The van der Waals surface area contributed by atoms with E-state index in [-0.39, 0.29) is 5.91 Å². The molecule has 3 aromatic rings. The van der Waals surface area contributed by atoms with E-state index in [1.807, 2.05) is 49.4 Å². The summed E-state index contributed by atoms with van der Waals surface area (Å²) in [6.45, 7) is 6.20. The number of pyridine rings is 1. The zero-order valence-corrected chi connectivity index (χ0v) is 15.0. The van der Waals surface area contributed by atoms with Gasteiger partial charge in [0.25, 0.3) is 0 Å². The maximum absolute atomic E-state index is 13.1. The van der Waals surface area contributed by atoms with Crippen LogP contribution in [0.1, 0.15) is 31.4 Å². The van der Waals surface area contributed by atoms with Gasteiger partial charge >= 0.3 is 0 Å². The highest BCUT2D eigenvalue weighted by Gasteiger charge is 2.32. The molecule has 3 nitrogen and oxygen atoms in total. The topological polar surface area (TPSA) is 42.0 Å². The van der Waals surface area contributed by atoms with Crippen LogP contribution in [-0.4, -0.2) is 10.9 Å². The summed E-state index contributed by atoms with van der Waals surface area (Å²) >= 11 is 0. The van der Waals surface area contributed by atoms with Crippen LogP contribution in [0.2, 0.25) is 0 Å². The first kappa shape index (κ1) is 17.2. The number of hydrogen-bond donors (Lipinski definition) is 1. The summed E-state index contributed by atoms with van der Waals surface area (Å²) in [4.78, 5) is 17.5. The number of amides is 1. The van der Waals surface area contributed by atoms with E-state index in [9.17, 15) is 4.79 Å². The Labute approximate surface area is 149 Å². The second kappa shape index (κ2) is 7.06. The van der Waals surface area contributed by atoms with Crippen LogP contribution in [0.25, 0.3) is 10.9 Å². The second-order valence-electron chi connectivity index (χ2n) is 6.85. The van der Waals surface area contributed by atoms with E-state index >= 15 is 0 Å². The van der Waals surface area contributed by atoms with Crippen molar-refractivity contribution < 1.29 is 4.79 Å². The average Bonchev–Trinajstić information content (AvgIpc) is 2.64. The van der Waals surface area contributed by atoms with Crippen LogP contribution in [0, 0.1) is 12.3 Å². The van der Waals surface area contributed by atoms with Crippen LogP contribution in [0.15, 0.2) is 60.8 Å². The van der Waals surface area contributed by atoms with E-state index in [0.717, 1.165) is 29.4 Å². The third-order valence-electron chi connectivity index (χ3n) is 5.05. The van der Waals surface area contributed by atoms with Crippen LogP contribution >= 0.6 is 0 Å². The highest BCUT2D eigenvalue weighted by atomic mass is 16.2. The van der Waals surface area contributed by atoms with Gasteiger partial charge in [0.05, 0.1) is 16.6 Å². The van der Waals surface area contributed by atoms with Crippen molar-refractivity contribution in [1.29, 1.82) is 0 Å². The first-order chi connectivity index (χ1) is 12.0. The van der Waals surface area contributed by atoms with Gasteiger partial charge in [-0.1, -0.05) is 56.3 Å². The molecule has 0 saturated carbocycles. The Morgan fingerprint density at radius 1 is 1.08 bits per heavy atom. The molecule has 2 aromatic carbocycles. The number of benzene rings is 2. The van der Waals surface area contributed by atoms with Crippen molar-refractivity contribution in [1.82, 2.24) is 4.98 Å². The number of anilines is 1. The smallest absolute Gasteiger partial charge is 0.230 e. The standard InChI is InChI=1S/C22H24N2O/c1-4-22(3,15-18-10-6-5-9-16(18)2)21(25)24-19-13-7-11-17-12-8-14-23-20(17)19/h5-14H,4,15H2,1-3H3,(H,24,25).